The molecule has 2 saturated heterocycles. The van der Waals surface area contributed by atoms with Gasteiger partial charge in [0.2, 0.25) is 14.3 Å². The van der Waals surface area contributed by atoms with E-state index in [1.807, 2.05) is 37.3 Å². The molecule has 0 aliphatic carbocycles. The molecule has 3 heterocycles. The average Bonchev–Trinajstić information content (AvgIpc) is 3.59. The molecule has 0 radical (unpaired) electrons. The standard InChI is InChI=1S/C31H40FN3O6Si/c1-19-28(42(3,4)32)26(16-27(38)34-14-8-11-23(34)18-36)41-31(19)24-12-5-6-13-25(24)35(30(31)40)17-21-9-7-10-22(15-21)33-29(39)20(2)37/h5-7,9-10,12-13,15,19-20,23,26,28,36-37H,8,11,14,16-18H2,1-4H3,(H,33,39)/t19-,20-,23-,26+,28-,31+/m0/s1. The van der Waals surface area contributed by atoms with Crippen LogP contribution in [-0.2, 0) is 31.3 Å². The first-order chi connectivity index (χ1) is 19.9. The van der Waals surface area contributed by atoms with Gasteiger partial charge in [0.15, 0.2) is 5.60 Å². The topological polar surface area (TPSA) is 119 Å². The number of carbonyl (C=O) groups excluding carboxylic acids is 3. The van der Waals surface area contributed by atoms with Gasteiger partial charge in [-0.05, 0) is 56.6 Å². The van der Waals surface area contributed by atoms with Gasteiger partial charge in [0.25, 0.3) is 11.8 Å². The van der Waals surface area contributed by atoms with E-state index in [0.29, 0.717) is 23.5 Å². The lowest BCUT2D eigenvalue weighted by molar-refractivity contribution is -0.150. The second-order valence-electron chi connectivity index (χ2n) is 12.3. The number of ether oxygens (including phenoxy) is 1. The molecule has 226 valence electrons. The van der Waals surface area contributed by atoms with E-state index in [0.717, 1.165) is 18.4 Å². The van der Waals surface area contributed by atoms with Crippen molar-refractivity contribution in [3.05, 3.63) is 59.7 Å². The second kappa shape index (κ2) is 11.5. The molecule has 2 aromatic rings. The third-order valence-corrected chi connectivity index (χ3v) is 11.5. The number of halogens is 1. The number of anilines is 2. The summed E-state index contributed by atoms with van der Waals surface area (Å²) in [5, 5.41) is 22.0. The summed E-state index contributed by atoms with van der Waals surface area (Å²) >= 11 is 0. The molecule has 0 unspecified atom stereocenters. The number of hydrogen-bond acceptors (Lipinski definition) is 6. The fraction of sp³-hybridized carbons (Fsp3) is 0.516. The third-order valence-electron chi connectivity index (χ3n) is 9.07. The van der Waals surface area contributed by atoms with E-state index < -0.39 is 43.6 Å². The van der Waals surface area contributed by atoms with Crippen LogP contribution < -0.4 is 10.2 Å². The van der Waals surface area contributed by atoms with Gasteiger partial charge in [0.05, 0.1) is 37.4 Å². The van der Waals surface area contributed by atoms with E-state index in [1.165, 1.54) is 6.92 Å². The van der Waals surface area contributed by atoms with E-state index in [1.54, 1.807) is 41.1 Å². The van der Waals surface area contributed by atoms with Crippen LogP contribution in [0.3, 0.4) is 0 Å². The van der Waals surface area contributed by atoms with Gasteiger partial charge in [0.1, 0.15) is 6.10 Å². The van der Waals surface area contributed by atoms with Gasteiger partial charge >= 0.3 is 0 Å². The lowest BCUT2D eigenvalue weighted by Crippen LogP contribution is -2.45. The highest BCUT2D eigenvalue weighted by molar-refractivity contribution is 6.72. The summed E-state index contributed by atoms with van der Waals surface area (Å²) in [7, 11) is -3.43. The van der Waals surface area contributed by atoms with Crippen molar-refractivity contribution in [3.63, 3.8) is 0 Å². The molecule has 3 aliphatic rings. The van der Waals surface area contributed by atoms with Gasteiger partial charge in [0, 0.05) is 29.3 Å². The molecule has 42 heavy (non-hydrogen) atoms. The highest BCUT2D eigenvalue weighted by Gasteiger charge is 2.67. The van der Waals surface area contributed by atoms with Crippen molar-refractivity contribution >= 4 is 37.5 Å². The van der Waals surface area contributed by atoms with Crippen molar-refractivity contribution in [1.82, 2.24) is 4.90 Å². The van der Waals surface area contributed by atoms with Crippen molar-refractivity contribution in [3.8, 4) is 0 Å². The van der Waals surface area contributed by atoms with Gasteiger partial charge in [-0.1, -0.05) is 37.3 Å². The van der Waals surface area contributed by atoms with Gasteiger partial charge in [-0.15, -0.1) is 0 Å². The van der Waals surface area contributed by atoms with Crippen molar-refractivity contribution in [1.29, 1.82) is 0 Å². The van der Waals surface area contributed by atoms with Gasteiger partial charge in [-0.3, -0.25) is 14.4 Å². The lowest BCUT2D eigenvalue weighted by atomic mass is 9.82. The second-order valence-corrected chi connectivity index (χ2v) is 16.1. The van der Waals surface area contributed by atoms with Crippen LogP contribution in [0.25, 0.3) is 0 Å². The molecule has 5 rings (SSSR count). The summed E-state index contributed by atoms with van der Waals surface area (Å²) in [5.74, 6) is -1.55. The number of carbonyl (C=O) groups is 3. The van der Waals surface area contributed by atoms with Crippen molar-refractivity contribution in [2.24, 2.45) is 5.92 Å². The number of benzene rings is 2. The molecule has 11 heteroatoms. The first kappa shape index (κ1) is 30.3. The number of nitrogens with one attached hydrogen (secondary N) is 1. The Morgan fingerprint density at radius 3 is 2.64 bits per heavy atom. The van der Waals surface area contributed by atoms with E-state index in [9.17, 15) is 24.6 Å². The summed E-state index contributed by atoms with van der Waals surface area (Å²) in [4.78, 5) is 43.2. The molecular weight excluding hydrogens is 557 g/mol. The summed E-state index contributed by atoms with van der Waals surface area (Å²) in [6.07, 6.45) is -0.465. The molecule has 3 amide bonds. The molecule has 0 aromatic heterocycles. The van der Waals surface area contributed by atoms with E-state index >= 15 is 4.11 Å². The fourth-order valence-corrected chi connectivity index (χ4v) is 9.67. The molecule has 0 bridgehead atoms. The first-order valence-corrected chi connectivity index (χ1v) is 17.6. The summed E-state index contributed by atoms with van der Waals surface area (Å²) in [6.45, 7) is 7.07. The summed E-state index contributed by atoms with van der Waals surface area (Å²) in [6, 6.07) is 14.2. The van der Waals surface area contributed by atoms with Crippen LogP contribution in [0, 0.1) is 5.92 Å². The molecule has 2 fully saturated rings. The maximum Gasteiger partial charge on any atom is 0.264 e. The Morgan fingerprint density at radius 1 is 1.21 bits per heavy atom. The SMILES string of the molecule is C[C@H](O)C(=O)Nc1cccc(CN2C(=O)[C@]3(O[C@H](CC(=O)N4CCC[C@H]4CO)[C@@H]([Si](C)(C)F)[C@@H]3C)c3ccccc32)c1. The first-order valence-electron chi connectivity index (χ1n) is 14.6. The summed E-state index contributed by atoms with van der Waals surface area (Å²) in [5.41, 5.74) is 0.516. The highest BCUT2D eigenvalue weighted by Crippen LogP contribution is 2.60. The Hall–Kier alpha value is -3.12. The molecular formula is C31H40FN3O6Si. The van der Waals surface area contributed by atoms with Gasteiger partial charge < -0.3 is 34.2 Å². The Bertz CT molecular complexity index is 1370. The monoisotopic (exact) mass is 597 g/mol. The van der Waals surface area contributed by atoms with Crippen LogP contribution >= 0.6 is 0 Å². The van der Waals surface area contributed by atoms with Crippen LogP contribution in [0.4, 0.5) is 15.5 Å². The predicted octanol–water partition coefficient (Wildman–Crippen LogP) is 3.70. The van der Waals surface area contributed by atoms with E-state index in [4.69, 9.17) is 4.74 Å². The molecule has 9 nitrogen and oxygen atoms in total. The van der Waals surface area contributed by atoms with E-state index in [-0.39, 0.29) is 37.4 Å². The lowest BCUT2D eigenvalue weighted by Gasteiger charge is -2.31. The van der Waals surface area contributed by atoms with Crippen LogP contribution in [0.2, 0.25) is 18.6 Å². The molecule has 0 saturated carbocycles. The van der Waals surface area contributed by atoms with Crippen LogP contribution in [0.5, 0.6) is 0 Å². The molecule has 3 aliphatic heterocycles. The smallest absolute Gasteiger partial charge is 0.264 e. The molecule has 2 aromatic carbocycles. The number of aliphatic hydroxyl groups is 2. The summed E-state index contributed by atoms with van der Waals surface area (Å²) < 4.78 is 22.7. The Labute approximate surface area is 246 Å². The average molecular weight is 598 g/mol. The van der Waals surface area contributed by atoms with Gasteiger partial charge in [-0.2, -0.15) is 0 Å². The van der Waals surface area contributed by atoms with Crippen LogP contribution in [0.1, 0.15) is 44.2 Å². The Morgan fingerprint density at radius 2 is 1.95 bits per heavy atom. The van der Waals surface area contributed by atoms with Crippen LogP contribution in [0.15, 0.2) is 48.5 Å². The number of hydrogen-bond donors (Lipinski definition) is 3. The minimum Gasteiger partial charge on any atom is -0.394 e. The zero-order chi connectivity index (χ0) is 30.4. The number of nitrogens with zero attached hydrogens (tertiary/aromatic N) is 2. The number of rotatable bonds is 8. The zero-order valence-corrected chi connectivity index (χ0v) is 25.5. The number of likely N-dealkylation sites (tertiary alicyclic amines) is 1. The normalized spacial score (nSPS) is 27.9. The highest BCUT2D eigenvalue weighted by atomic mass is 28.4. The maximum absolute atomic E-state index is 16.1. The molecule has 1 spiro atoms. The van der Waals surface area contributed by atoms with Crippen molar-refractivity contribution < 1.29 is 33.4 Å². The predicted molar refractivity (Wildman–Crippen MR) is 159 cm³/mol. The minimum absolute atomic E-state index is 0.0475. The maximum atomic E-state index is 16.1. The Kier molecular flexibility index (Phi) is 8.32. The largest absolute Gasteiger partial charge is 0.394 e. The minimum atomic E-state index is -3.43. The van der Waals surface area contributed by atoms with Crippen LogP contribution in [-0.4, -0.2) is 72.6 Å². The number of amides is 3. The number of para-hydroxylation sites is 1. The Balaban J connectivity index is 1.47. The number of fused-ring (bicyclic) bond motifs is 2. The quantitative estimate of drug-likeness (QED) is 0.316. The molecule has 6 atom stereocenters. The van der Waals surface area contributed by atoms with Crippen molar-refractivity contribution in [2.75, 3.05) is 23.4 Å². The third kappa shape index (κ3) is 5.27. The zero-order valence-electron chi connectivity index (χ0n) is 24.5. The fourth-order valence-electron chi connectivity index (χ4n) is 7.18. The van der Waals surface area contributed by atoms with Crippen molar-refractivity contribution in [2.45, 2.75) is 82.1 Å². The van der Waals surface area contributed by atoms with Gasteiger partial charge in [-0.25, -0.2) is 0 Å². The van der Waals surface area contributed by atoms with E-state index in [2.05, 4.69) is 5.32 Å². The number of aliphatic hydroxyl groups excluding tert-OH is 2. The molecule has 3 N–H and O–H groups in total.